The van der Waals surface area contributed by atoms with Gasteiger partial charge in [0, 0.05) is 22.8 Å². The van der Waals surface area contributed by atoms with Crippen molar-refractivity contribution in [2.45, 2.75) is 27.2 Å². The maximum atomic E-state index is 6.01. The van der Waals surface area contributed by atoms with Gasteiger partial charge in [0.15, 0.2) is 5.82 Å². The lowest BCUT2D eigenvalue weighted by Crippen LogP contribution is -2.08. The zero-order chi connectivity index (χ0) is 15.4. The molecule has 112 valence electrons. The smallest absolute Gasteiger partial charge is 0.165 e. The van der Waals surface area contributed by atoms with Crippen molar-refractivity contribution >= 4 is 17.4 Å². The van der Waals surface area contributed by atoms with Gasteiger partial charge in [0.05, 0.1) is 12.7 Å². The molecule has 0 fully saturated rings. The van der Waals surface area contributed by atoms with Crippen molar-refractivity contribution in [2.75, 3.05) is 19.0 Å². The maximum absolute atomic E-state index is 6.01. The van der Waals surface area contributed by atoms with E-state index >= 15 is 0 Å². The summed E-state index contributed by atoms with van der Waals surface area (Å²) in [6.07, 6.45) is 0.895. The highest BCUT2D eigenvalue weighted by Gasteiger charge is 2.14. The molecular formula is C16H20ClN3O. The molecular weight excluding hydrogens is 286 g/mol. The van der Waals surface area contributed by atoms with Crippen LogP contribution in [0.3, 0.4) is 0 Å². The average Bonchev–Trinajstić information content (AvgIpc) is 2.47. The van der Waals surface area contributed by atoms with Crippen LogP contribution in [0.25, 0.3) is 11.4 Å². The third kappa shape index (κ3) is 3.27. The summed E-state index contributed by atoms with van der Waals surface area (Å²) in [5, 5.41) is 3.94. The number of nitrogens with one attached hydrogen (secondary N) is 1. The quantitative estimate of drug-likeness (QED) is 0.903. The average molecular weight is 306 g/mol. The molecule has 0 unspecified atom stereocenters. The topological polar surface area (TPSA) is 47.0 Å². The van der Waals surface area contributed by atoms with Gasteiger partial charge in [-0.05, 0) is 38.5 Å². The zero-order valence-corrected chi connectivity index (χ0v) is 13.6. The number of rotatable bonds is 5. The molecule has 21 heavy (non-hydrogen) atoms. The molecule has 0 atom stereocenters. The molecule has 4 nitrogen and oxygen atoms in total. The van der Waals surface area contributed by atoms with Gasteiger partial charge in [0.1, 0.15) is 11.6 Å². The second kappa shape index (κ2) is 6.76. The van der Waals surface area contributed by atoms with Crippen LogP contribution < -0.4 is 10.1 Å². The van der Waals surface area contributed by atoms with Crippen LogP contribution in [0.15, 0.2) is 18.2 Å². The first-order valence-electron chi connectivity index (χ1n) is 7.06. The molecule has 0 radical (unpaired) electrons. The Bertz CT molecular complexity index is 644. The first kappa shape index (κ1) is 15.6. The van der Waals surface area contributed by atoms with Gasteiger partial charge in [-0.2, -0.15) is 0 Å². The van der Waals surface area contributed by atoms with Crippen molar-refractivity contribution < 1.29 is 4.74 Å². The lowest BCUT2D eigenvalue weighted by atomic mass is 10.1. The third-order valence-corrected chi connectivity index (χ3v) is 3.55. The number of aromatic nitrogens is 2. The Balaban J connectivity index is 2.59. The lowest BCUT2D eigenvalue weighted by molar-refractivity contribution is 0.416. The van der Waals surface area contributed by atoms with Crippen molar-refractivity contribution in [3.63, 3.8) is 0 Å². The van der Waals surface area contributed by atoms with Gasteiger partial charge in [0.2, 0.25) is 0 Å². The van der Waals surface area contributed by atoms with Gasteiger partial charge < -0.3 is 10.1 Å². The van der Waals surface area contributed by atoms with E-state index in [1.165, 1.54) is 0 Å². The molecule has 1 aromatic carbocycles. The molecule has 0 saturated heterocycles. The molecule has 0 aliphatic heterocycles. The molecule has 0 amide bonds. The van der Waals surface area contributed by atoms with E-state index in [1.807, 2.05) is 19.1 Å². The number of aryl methyl sites for hydroxylation is 1. The summed E-state index contributed by atoms with van der Waals surface area (Å²) in [5.74, 6) is 2.21. The normalized spacial score (nSPS) is 10.5. The van der Waals surface area contributed by atoms with Crippen LogP contribution in [-0.4, -0.2) is 23.6 Å². The van der Waals surface area contributed by atoms with Crippen LogP contribution in [0.1, 0.15) is 25.1 Å². The van der Waals surface area contributed by atoms with E-state index in [-0.39, 0.29) is 0 Å². The maximum Gasteiger partial charge on any atom is 0.165 e. The number of benzene rings is 1. The molecule has 1 N–H and O–H groups in total. The van der Waals surface area contributed by atoms with Gasteiger partial charge in [-0.25, -0.2) is 9.97 Å². The van der Waals surface area contributed by atoms with Gasteiger partial charge in [-0.1, -0.05) is 18.5 Å². The van der Waals surface area contributed by atoms with Crippen molar-refractivity contribution in [1.82, 2.24) is 9.97 Å². The van der Waals surface area contributed by atoms with Crippen LogP contribution in [0.5, 0.6) is 5.75 Å². The van der Waals surface area contributed by atoms with Gasteiger partial charge in [-0.3, -0.25) is 0 Å². The molecule has 2 aromatic rings. The number of hydrogen-bond donors (Lipinski definition) is 1. The lowest BCUT2D eigenvalue weighted by Gasteiger charge is -2.14. The van der Waals surface area contributed by atoms with Crippen LogP contribution in [0, 0.1) is 6.92 Å². The number of anilines is 1. The Morgan fingerprint density at radius 2 is 2.00 bits per heavy atom. The number of methoxy groups -OCH3 is 1. The first-order chi connectivity index (χ1) is 10.1. The highest BCUT2D eigenvalue weighted by atomic mass is 35.5. The second-order valence-electron chi connectivity index (χ2n) is 4.69. The third-order valence-electron chi connectivity index (χ3n) is 3.32. The number of hydrogen-bond acceptors (Lipinski definition) is 4. The molecule has 1 aromatic heterocycles. The fourth-order valence-corrected chi connectivity index (χ4v) is 2.47. The van der Waals surface area contributed by atoms with Gasteiger partial charge in [0.25, 0.3) is 0 Å². The molecule has 0 bridgehead atoms. The number of ether oxygens (including phenoxy) is 1. The summed E-state index contributed by atoms with van der Waals surface area (Å²) in [4.78, 5) is 9.28. The van der Waals surface area contributed by atoms with Crippen LogP contribution in [0.2, 0.25) is 5.02 Å². The molecule has 0 aliphatic rings. The minimum atomic E-state index is 0.629. The van der Waals surface area contributed by atoms with E-state index in [4.69, 9.17) is 16.3 Å². The van der Waals surface area contributed by atoms with E-state index in [0.717, 1.165) is 35.6 Å². The number of halogens is 1. The Hall–Kier alpha value is -1.81. The Kier molecular flexibility index (Phi) is 5.02. The second-order valence-corrected chi connectivity index (χ2v) is 5.12. The van der Waals surface area contributed by atoms with E-state index in [2.05, 4.69) is 29.1 Å². The van der Waals surface area contributed by atoms with Crippen molar-refractivity contribution in [2.24, 2.45) is 0 Å². The highest BCUT2D eigenvalue weighted by Crippen LogP contribution is 2.32. The molecule has 0 saturated carbocycles. The fourth-order valence-electron chi connectivity index (χ4n) is 2.30. The molecule has 2 rings (SSSR count). The van der Waals surface area contributed by atoms with Gasteiger partial charge >= 0.3 is 0 Å². The summed E-state index contributed by atoms with van der Waals surface area (Å²) in [6.45, 7) is 6.99. The van der Waals surface area contributed by atoms with E-state index < -0.39 is 0 Å². The van der Waals surface area contributed by atoms with Crippen molar-refractivity contribution in [1.29, 1.82) is 0 Å². The van der Waals surface area contributed by atoms with Crippen LogP contribution in [-0.2, 0) is 6.42 Å². The Morgan fingerprint density at radius 3 is 2.62 bits per heavy atom. The minimum Gasteiger partial charge on any atom is -0.496 e. The predicted octanol–water partition coefficient (Wildman–Crippen LogP) is 4.11. The van der Waals surface area contributed by atoms with E-state index in [9.17, 15) is 0 Å². The van der Waals surface area contributed by atoms with Crippen molar-refractivity contribution in [3.8, 4) is 17.1 Å². The van der Waals surface area contributed by atoms with E-state index in [1.54, 1.807) is 13.2 Å². The number of nitrogens with zero attached hydrogens (tertiary/aromatic N) is 2. The Morgan fingerprint density at radius 1 is 1.24 bits per heavy atom. The first-order valence-corrected chi connectivity index (χ1v) is 7.43. The van der Waals surface area contributed by atoms with Crippen LogP contribution in [0.4, 0.5) is 5.82 Å². The van der Waals surface area contributed by atoms with E-state index in [0.29, 0.717) is 16.6 Å². The SMILES string of the molecule is CCNc1nc(-c2ccc(Cl)cc2OC)nc(C)c1CC. The fraction of sp³-hybridized carbons (Fsp3) is 0.375. The van der Waals surface area contributed by atoms with Gasteiger partial charge in [-0.15, -0.1) is 0 Å². The summed E-state index contributed by atoms with van der Waals surface area (Å²) in [7, 11) is 1.62. The summed E-state index contributed by atoms with van der Waals surface area (Å²) in [6, 6.07) is 5.48. The summed E-state index contributed by atoms with van der Waals surface area (Å²) >= 11 is 6.01. The van der Waals surface area contributed by atoms with Crippen LogP contribution >= 0.6 is 11.6 Å². The monoisotopic (exact) mass is 305 g/mol. The summed E-state index contributed by atoms with van der Waals surface area (Å²) < 4.78 is 5.39. The molecule has 1 heterocycles. The minimum absolute atomic E-state index is 0.629. The zero-order valence-electron chi connectivity index (χ0n) is 12.8. The molecule has 0 spiro atoms. The molecule has 0 aliphatic carbocycles. The predicted molar refractivity (Wildman–Crippen MR) is 87.3 cm³/mol. The van der Waals surface area contributed by atoms with Crippen molar-refractivity contribution in [3.05, 3.63) is 34.5 Å². The highest BCUT2D eigenvalue weighted by molar-refractivity contribution is 6.30. The molecule has 5 heteroatoms. The Labute approximate surface area is 130 Å². The standard InChI is InChI=1S/C16H20ClN3O/c1-5-12-10(3)19-16(20-15(12)18-6-2)13-8-7-11(17)9-14(13)21-4/h7-9H,5-6H2,1-4H3,(H,18,19,20). The summed E-state index contributed by atoms with van der Waals surface area (Å²) in [5.41, 5.74) is 2.97. The largest absolute Gasteiger partial charge is 0.496 e.